The molecule has 2 atom stereocenters. The van der Waals surface area contributed by atoms with Crippen LogP contribution in [0.5, 0.6) is 11.6 Å². The molecule has 1 aromatic heterocycles. The zero-order valence-corrected chi connectivity index (χ0v) is 14.2. The van der Waals surface area contributed by atoms with Crippen LogP contribution in [0.1, 0.15) is 26.7 Å². The molecule has 134 valence electrons. The number of hydrogen-bond donors (Lipinski definition) is 2. The maximum absolute atomic E-state index is 11.7. The van der Waals surface area contributed by atoms with E-state index in [2.05, 4.69) is 25.6 Å². The van der Waals surface area contributed by atoms with Crippen molar-refractivity contribution in [2.75, 3.05) is 14.2 Å². The Kier molecular flexibility index (Phi) is 8.52. The standard InChI is InChI=1S/C15H23N3O6/c1-5-11(14(19)17-21-3)23-10-7-8-13(16-9-10)24-12(6-2)15(20)18-22-4/h7-9,11-12H,5-6H2,1-4H3,(H,17,19)(H,18,20). The van der Waals surface area contributed by atoms with E-state index in [9.17, 15) is 9.59 Å². The zero-order chi connectivity index (χ0) is 17.9. The van der Waals surface area contributed by atoms with Gasteiger partial charge in [0.15, 0.2) is 12.2 Å². The van der Waals surface area contributed by atoms with Crippen molar-refractivity contribution < 1.29 is 28.7 Å². The Balaban J connectivity index is 2.67. The van der Waals surface area contributed by atoms with Crippen molar-refractivity contribution in [3.63, 3.8) is 0 Å². The highest BCUT2D eigenvalue weighted by Crippen LogP contribution is 2.17. The molecule has 0 aromatic carbocycles. The average molecular weight is 341 g/mol. The molecule has 1 heterocycles. The molecule has 0 saturated carbocycles. The van der Waals surface area contributed by atoms with Gasteiger partial charge < -0.3 is 9.47 Å². The number of nitrogens with one attached hydrogen (secondary N) is 2. The molecule has 0 aliphatic carbocycles. The van der Waals surface area contributed by atoms with Crippen LogP contribution in [-0.2, 0) is 19.3 Å². The second-order valence-electron chi connectivity index (χ2n) is 4.70. The van der Waals surface area contributed by atoms with Crippen LogP contribution in [0.15, 0.2) is 18.3 Å². The molecular weight excluding hydrogens is 318 g/mol. The second-order valence-corrected chi connectivity index (χ2v) is 4.70. The molecule has 0 radical (unpaired) electrons. The number of aromatic nitrogens is 1. The number of ether oxygens (including phenoxy) is 2. The molecule has 0 bridgehead atoms. The van der Waals surface area contributed by atoms with Gasteiger partial charge in [0.05, 0.1) is 20.4 Å². The van der Waals surface area contributed by atoms with E-state index in [4.69, 9.17) is 9.47 Å². The maximum Gasteiger partial charge on any atom is 0.284 e. The van der Waals surface area contributed by atoms with Crippen molar-refractivity contribution in [3.05, 3.63) is 18.3 Å². The van der Waals surface area contributed by atoms with Crippen molar-refractivity contribution in [3.8, 4) is 11.6 Å². The molecule has 9 heteroatoms. The summed E-state index contributed by atoms with van der Waals surface area (Å²) in [5, 5.41) is 0. The first-order valence-electron chi connectivity index (χ1n) is 7.50. The van der Waals surface area contributed by atoms with Crippen molar-refractivity contribution in [1.82, 2.24) is 15.9 Å². The van der Waals surface area contributed by atoms with E-state index in [0.29, 0.717) is 18.6 Å². The Morgan fingerprint density at radius 3 is 1.96 bits per heavy atom. The van der Waals surface area contributed by atoms with Gasteiger partial charge in [-0.05, 0) is 18.9 Å². The normalized spacial score (nSPS) is 12.8. The first-order valence-corrected chi connectivity index (χ1v) is 7.50. The summed E-state index contributed by atoms with van der Waals surface area (Å²) in [6.07, 6.45) is 0.903. The third-order valence-corrected chi connectivity index (χ3v) is 2.98. The lowest BCUT2D eigenvalue weighted by Gasteiger charge is -2.17. The molecule has 2 amide bonds. The smallest absolute Gasteiger partial charge is 0.284 e. The van der Waals surface area contributed by atoms with Gasteiger partial charge in [-0.15, -0.1) is 0 Å². The molecule has 0 saturated heterocycles. The summed E-state index contributed by atoms with van der Waals surface area (Å²) in [7, 11) is 2.70. The fraction of sp³-hybridized carbons (Fsp3) is 0.533. The summed E-state index contributed by atoms with van der Waals surface area (Å²) in [6, 6.07) is 3.16. The van der Waals surface area contributed by atoms with E-state index in [0.717, 1.165) is 0 Å². The van der Waals surface area contributed by atoms with E-state index in [-0.39, 0.29) is 11.8 Å². The Labute approximate surface area is 140 Å². The van der Waals surface area contributed by atoms with Gasteiger partial charge in [-0.25, -0.2) is 15.9 Å². The summed E-state index contributed by atoms with van der Waals surface area (Å²) >= 11 is 0. The van der Waals surface area contributed by atoms with Gasteiger partial charge in [0.1, 0.15) is 5.75 Å². The number of hydrogen-bond acceptors (Lipinski definition) is 7. The van der Waals surface area contributed by atoms with Gasteiger partial charge in [-0.2, -0.15) is 0 Å². The molecule has 0 aliphatic rings. The lowest BCUT2D eigenvalue weighted by Crippen LogP contribution is -2.37. The van der Waals surface area contributed by atoms with Crippen LogP contribution in [0.25, 0.3) is 0 Å². The number of carbonyl (C=O) groups is 2. The van der Waals surface area contributed by atoms with Crippen LogP contribution in [0, 0.1) is 0 Å². The highest BCUT2D eigenvalue weighted by Gasteiger charge is 2.20. The van der Waals surface area contributed by atoms with Crippen LogP contribution < -0.4 is 20.4 Å². The van der Waals surface area contributed by atoms with Gasteiger partial charge in [0, 0.05) is 6.07 Å². The monoisotopic (exact) mass is 341 g/mol. The number of rotatable bonds is 10. The van der Waals surface area contributed by atoms with Gasteiger partial charge >= 0.3 is 0 Å². The Hall–Kier alpha value is -2.39. The van der Waals surface area contributed by atoms with Gasteiger partial charge in [-0.3, -0.25) is 19.3 Å². The first-order chi connectivity index (χ1) is 11.5. The molecule has 24 heavy (non-hydrogen) atoms. The lowest BCUT2D eigenvalue weighted by molar-refractivity contribution is -0.139. The molecule has 2 N–H and O–H groups in total. The summed E-state index contributed by atoms with van der Waals surface area (Å²) in [5.74, 6) is -0.128. The quantitative estimate of drug-likeness (QED) is 0.605. The summed E-state index contributed by atoms with van der Waals surface area (Å²) in [5.41, 5.74) is 4.43. The van der Waals surface area contributed by atoms with Crippen molar-refractivity contribution in [1.29, 1.82) is 0 Å². The van der Waals surface area contributed by atoms with Gasteiger partial charge in [-0.1, -0.05) is 13.8 Å². The minimum Gasteiger partial charge on any atom is -0.479 e. The number of nitrogens with zero attached hydrogens (tertiary/aromatic N) is 1. The first kappa shape index (κ1) is 19.7. The predicted molar refractivity (Wildman–Crippen MR) is 84.0 cm³/mol. The maximum atomic E-state index is 11.7. The van der Waals surface area contributed by atoms with Crippen LogP contribution in [-0.4, -0.2) is 43.2 Å². The van der Waals surface area contributed by atoms with Crippen molar-refractivity contribution in [2.45, 2.75) is 38.9 Å². The lowest BCUT2D eigenvalue weighted by atomic mass is 10.2. The average Bonchev–Trinajstić information content (AvgIpc) is 2.59. The second kappa shape index (κ2) is 10.4. The number of amides is 2. The predicted octanol–water partition coefficient (Wildman–Crippen LogP) is 0.752. The zero-order valence-electron chi connectivity index (χ0n) is 14.2. The molecule has 1 aromatic rings. The fourth-order valence-corrected chi connectivity index (χ4v) is 1.79. The van der Waals surface area contributed by atoms with Crippen molar-refractivity contribution in [2.24, 2.45) is 0 Å². The summed E-state index contributed by atoms with van der Waals surface area (Å²) in [4.78, 5) is 36.6. The minimum atomic E-state index is -0.722. The van der Waals surface area contributed by atoms with E-state index >= 15 is 0 Å². The molecular formula is C15H23N3O6. The molecule has 0 aliphatic heterocycles. The number of hydroxylamine groups is 2. The molecule has 1 rings (SSSR count). The van der Waals surface area contributed by atoms with E-state index in [1.807, 2.05) is 6.92 Å². The van der Waals surface area contributed by atoms with Crippen LogP contribution in [0.2, 0.25) is 0 Å². The molecule has 0 fully saturated rings. The van der Waals surface area contributed by atoms with Gasteiger partial charge in [0.25, 0.3) is 11.8 Å². The summed E-state index contributed by atoms with van der Waals surface area (Å²) in [6.45, 7) is 3.61. The molecule has 2 unspecified atom stereocenters. The van der Waals surface area contributed by atoms with Crippen LogP contribution in [0.3, 0.4) is 0 Å². The van der Waals surface area contributed by atoms with Crippen LogP contribution >= 0.6 is 0 Å². The number of pyridine rings is 1. The third-order valence-electron chi connectivity index (χ3n) is 2.98. The van der Waals surface area contributed by atoms with E-state index in [1.54, 1.807) is 19.1 Å². The highest BCUT2D eigenvalue weighted by molar-refractivity contribution is 5.80. The molecule has 0 spiro atoms. The van der Waals surface area contributed by atoms with Crippen LogP contribution in [0.4, 0.5) is 0 Å². The Bertz CT molecular complexity index is 475. The third kappa shape index (κ3) is 6.01. The Morgan fingerprint density at radius 2 is 1.54 bits per heavy atom. The topological polar surface area (TPSA) is 108 Å². The van der Waals surface area contributed by atoms with E-state index < -0.39 is 18.1 Å². The minimum absolute atomic E-state index is 0.259. The molecule has 9 nitrogen and oxygen atoms in total. The SMILES string of the molecule is CCC(Oc1ccc(OC(CC)C(=O)NOC)nc1)C(=O)NOC. The van der Waals surface area contributed by atoms with Crippen molar-refractivity contribution >= 4 is 11.8 Å². The fourth-order valence-electron chi connectivity index (χ4n) is 1.79. The number of carbonyl (C=O) groups excluding carboxylic acids is 2. The Morgan fingerprint density at radius 1 is 1.00 bits per heavy atom. The largest absolute Gasteiger partial charge is 0.479 e. The van der Waals surface area contributed by atoms with Gasteiger partial charge in [0.2, 0.25) is 5.88 Å². The summed E-state index contributed by atoms with van der Waals surface area (Å²) < 4.78 is 11.0. The van der Waals surface area contributed by atoms with E-state index in [1.165, 1.54) is 20.4 Å². The highest BCUT2D eigenvalue weighted by atomic mass is 16.6.